The van der Waals surface area contributed by atoms with E-state index in [0.717, 1.165) is 17.0 Å². The molecule has 0 amide bonds. The second-order valence-corrected chi connectivity index (χ2v) is 3.32. The Balaban J connectivity index is 2.90. The smallest absolute Gasteiger partial charge is 0.170 e. The molecule has 0 aliphatic carbocycles. The fraction of sp³-hybridized carbons (Fsp3) is 0.300. The van der Waals surface area contributed by atoms with Gasteiger partial charge in [-0.15, -0.1) is 0 Å². The van der Waals surface area contributed by atoms with Gasteiger partial charge in [0.25, 0.3) is 0 Å². The lowest BCUT2D eigenvalue weighted by molar-refractivity contribution is 0.416. The van der Waals surface area contributed by atoms with Gasteiger partial charge in [0.05, 0.1) is 12.8 Å². The molecule has 76 valence electrons. The quantitative estimate of drug-likeness (QED) is 0.731. The third-order valence-electron chi connectivity index (χ3n) is 1.83. The van der Waals surface area contributed by atoms with Crippen molar-refractivity contribution in [3.8, 4) is 5.75 Å². The maximum atomic E-state index is 5.22. The Morgan fingerprint density at radius 1 is 1.43 bits per heavy atom. The third-order valence-corrected chi connectivity index (χ3v) is 2.14. The summed E-state index contributed by atoms with van der Waals surface area (Å²) in [6, 6.07) is 5.90. The molecule has 0 spiro atoms. The van der Waals surface area contributed by atoms with Gasteiger partial charge in [0.1, 0.15) is 5.75 Å². The minimum Gasteiger partial charge on any atom is -0.495 e. The van der Waals surface area contributed by atoms with Crippen molar-refractivity contribution in [3.63, 3.8) is 0 Å². The number of aryl methyl sites for hydroxylation is 1. The van der Waals surface area contributed by atoms with Crippen LogP contribution in [-0.4, -0.2) is 19.3 Å². The highest BCUT2D eigenvalue weighted by atomic mass is 32.1. The molecule has 0 saturated heterocycles. The van der Waals surface area contributed by atoms with Crippen LogP contribution in [0.15, 0.2) is 18.2 Å². The van der Waals surface area contributed by atoms with Crippen molar-refractivity contribution >= 4 is 23.0 Å². The summed E-state index contributed by atoms with van der Waals surface area (Å²) in [6.07, 6.45) is 0. The number of nitrogens with one attached hydrogen (secondary N) is 2. The first kappa shape index (κ1) is 10.8. The number of ether oxygens (including phenoxy) is 1. The van der Waals surface area contributed by atoms with Crippen LogP contribution in [-0.2, 0) is 0 Å². The Hall–Kier alpha value is -1.29. The van der Waals surface area contributed by atoms with Crippen molar-refractivity contribution in [2.45, 2.75) is 6.92 Å². The summed E-state index contributed by atoms with van der Waals surface area (Å²) in [6.45, 7) is 2.02. The molecule has 0 saturated carbocycles. The fourth-order valence-electron chi connectivity index (χ4n) is 1.09. The molecule has 0 aliphatic rings. The highest BCUT2D eigenvalue weighted by Gasteiger charge is 2.03. The normalized spacial score (nSPS) is 9.36. The first-order valence-corrected chi connectivity index (χ1v) is 4.71. The minimum absolute atomic E-state index is 0.576. The second kappa shape index (κ2) is 4.81. The molecule has 0 heterocycles. The number of thiocarbonyl (C=S) groups is 1. The summed E-state index contributed by atoms with van der Waals surface area (Å²) >= 11 is 5.00. The van der Waals surface area contributed by atoms with Crippen LogP contribution in [0.2, 0.25) is 0 Å². The summed E-state index contributed by atoms with van der Waals surface area (Å²) in [4.78, 5) is 0. The average Bonchev–Trinajstić information content (AvgIpc) is 2.20. The highest BCUT2D eigenvalue weighted by Crippen LogP contribution is 2.24. The van der Waals surface area contributed by atoms with E-state index in [4.69, 9.17) is 17.0 Å². The Morgan fingerprint density at radius 2 is 2.14 bits per heavy atom. The van der Waals surface area contributed by atoms with E-state index in [1.54, 1.807) is 14.2 Å². The van der Waals surface area contributed by atoms with E-state index >= 15 is 0 Å². The van der Waals surface area contributed by atoms with Gasteiger partial charge in [0.15, 0.2) is 5.11 Å². The molecule has 3 nitrogen and oxygen atoms in total. The van der Waals surface area contributed by atoms with Gasteiger partial charge in [-0.05, 0) is 36.8 Å². The molecule has 1 rings (SSSR count). The van der Waals surface area contributed by atoms with Crippen molar-refractivity contribution < 1.29 is 4.74 Å². The highest BCUT2D eigenvalue weighted by molar-refractivity contribution is 7.80. The molecule has 0 fully saturated rings. The zero-order valence-electron chi connectivity index (χ0n) is 8.55. The first-order valence-electron chi connectivity index (χ1n) is 4.30. The summed E-state index contributed by atoms with van der Waals surface area (Å²) < 4.78 is 5.22. The molecule has 0 radical (unpaired) electrons. The van der Waals surface area contributed by atoms with Crippen LogP contribution in [0.25, 0.3) is 0 Å². The molecule has 1 aromatic carbocycles. The van der Waals surface area contributed by atoms with Crippen molar-refractivity contribution in [1.82, 2.24) is 5.32 Å². The molecule has 0 unspecified atom stereocenters. The molecule has 4 heteroatoms. The lowest BCUT2D eigenvalue weighted by atomic mass is 10.2. The molecule has 0 atom stereocenters. The van der Waals surface area contributed by atoms with Crippen LogP contribution in [0.5, 0.6) is 5.75 Å². The molecule has 0 aliphatic heterocycles. The first-order chi connectivity index (χ1) is 6.67. The number of anilines is 1. The Kier molecular flexibility index (Phi) is 3.71. The van der Waals surface area contributed by atoms with Gasteiger partial charge in [-0.1, -0.05) is 6.07 Å². The topological polar surface area (TPSA) is 33.3 Å². The monoisotopic (exact) mass is 210 g/mol. The summed E-state index contributed by atoms with van der Waals surface area (Å²) in [5.41, 5.74) is 2.03. The summed E-state index contributed by atoms with van der Waals surface area (Å²) in [5, 5.41) is 6.45. The van der Waals surface area contributed by atoms with Crippen molar-refractivity contribution in [3.05, 3.63) is 23.8 Å². The van der Waals surface area contributed by atoms with Crippen LogP contribution in [0.3, 0.4) is 0 Å². The van der Waals surface area contributed by atoms with E-state index in [0.29, 0.717) is 5.11 Å². The summed E-state index contributed by atoms with van der Waals surface area (Å²) in [7, 11) is 3.42. The van der Waals surface area contributed by atoms with E-state index in [1.165, 1.54) is 0 Å². The predicted molar refractivity (Wildman–Crippen MR) is 63.0 cm³/mol. The lowest BCUT2D eigenvalue weighted by Crippen LogP contribution is -2.24. The van der Waals surface area contributed by atoms with Crippen LogP contribution in [0, 0.1) is 6.92 Å². The molecule has 0 aromatic heterocycles. The number of methoxy groups -OCH3 is 1. The maximum Gasteiger partial charge on any atom is 0.170 e. The van der Waals surface area contributed by atoms with Gasteiger partial charge in [0.2, 0.25) is 0 Å². The molecule has 0 bridgehead atoms. The number of benzene rings is 1. The predicted octanol–water partition coefficient (Wildman–Crippen LogP) is 1.92. The van der Waals surface area contributed by atoms with Crippen LogP contribution < -0.4 is 15.4 Å². The summed E-state index contributed by atoms with van der Waals surface area (Å²) in [5.74, 6) is 0.794. The Morgan fingerprint density at radius 3 is 2.71 bits per heavy atom. The molecular formula is C10H14N2OS. The SMILES string of the molecule is CNC(=S)Nc1ccc(C)cc1OC. The van der Waals surface area contributed by atoms with Gasteiger partial charge in [0, 0.05) is 7.05 Å². The van der Waals surface area contributed by atoms with E-state index in [1.807, 2.05) is 25.1 Å². The zero-order valence-corrected chi connectivity index (χ0v) is 9.37. The van der Waals surface area contributed by atoms with Gasteiger partial charge >= 0.3 is 0 Å². The zero-order chi connectivity index (χ0) is 10.6. The fourth-order valence-corrected chi connectivity index (χ4v) is 1.20. The largest absolute Gasteiger partial charge is 0.495 e. The average molecular weight is 210 g/mol. The van der Waals surface area contributed by atoms with Gasteiger partial charge < -0.3 is 15.4 Å². The maximum absolute atomic E-state index is 5.22. The molecule has 2 N–H and O–H groups in total. The van der Waals surface area contributed by atoms with Crippen molar-refractivity contribution in [2.24, 2.45) is 0 Å². The van der Waals surface area contributed by atoms with E-state index in [9.17, 15) is 0 Å². The number of rotatable bonds is 2. The van der Waals surface area contributed by atoms with Crippen LogP contribution in [0.1, 0.15) is 5.56 Å². The molecule has 1 aromatic rings. The van der Waals surface area contributed by atoms with Crippen LogP contribution >= 0.6 is 12.2 Å². The lowest BCUT2D eigenvalue weighted by Gasteiger charge is -2.11. The molecule has 14 heavy (non-hydrogen) atoms. The van der Waals surface area contributed by atoms with Gasteiger partial charge in [-0.3, -0.25) is 0 Å². The van der Waals surface area contributed by atoms with Gasteiger partial charge in [-0.2, -0.15) is 0 Å². The number of hydrogen-bond donors (Lipinski definition) is 2. The van der Waals surface area contributed by atoms with Crippen molar-refractivity contribution in [2.75, 3.05) is 19.5 Å². The Bertz CT molecular complexity index is 339. The third kappa shape index (κ3) is 2.60. The van der Waals surface area contributed by atoms with E-state index in [-0.39, 0.29) is 0 Å². The van der Waals surface area contributed by atoms with E-state index < -0.39 is 0 Å². The number of hydrogen-bond acceptors (Lipinski definition) is 2. The van der Waals surface area contributed by atoms with Gasteiger partial charge in [-0.25, -0.2) is 0 Å². The minimum atomic E-state index is 0.576. The Labute approximate surface area is 89.5 Å². The van der Waals surface area contributed by atoms with E-state index in [2.05, 4.69) is 10.6 Å². The van der Waals surface area contributed by atoms with Crippen LogP contribution in [0.4, 0.5) is 5.69 Å². The molecular weight excluding hydrogens is 196 g/mol. The standard InChI is InChI=1S/C10H14N2OS/c1-7-4-5-8(9(6-7)13-3)12-10(14)11-2/h4-6H,1-3H3,(H2,11,12,14). The van der Waals surface area contributed by atoms with Crippen molar-refractivity contribution in [1.29, 1.82) is 0 Å². The second-order valence-electron chi connectivity index (χ2n) is 2.91.